The third kappa shape index (κ3) is 5.01. The van der Waals surface area contributed by atoms with E-state index in [4.69, 9.17) is 9.57 Å². The van der Waals surface area contributed by atoms with Crippen LogP contribution in [-0.2, 0) is 16.2 Å². The molecule has 0 N–H and O–H groups in total. The van der Waals surface area contributed by atoms with Gasteiger partial charge in [0.15, 0.2) is 0 Å². The van der Waals surface area contributed by atoms with Gasteiger partial charge in [-0.05, 0) is 19.4 Å². The lowest BCUT2D eigenvalue weighted by molar-refractivity contribution is -0.158. The Labute approximate surface area is 108 Å². The summed E-state index contributed by atoms with van der Waals surface area (Å²) in [6.45, 7) is 7.80. The summed E-state index contributed by atoms with van der Waals surface area (Å²) in [5.41, 5.74) is 0.939. The third-order valence-electron chi connectivity index (χ3n) is 2.04. The van der Waals surface area contributed by atoms with Crippen LogP contribution in [0.5, 0.6) is 0 Å². The van der Waals surface area contributed by atoms with E-state index in [0.29, 0.717) is 6.54 Å². The van der Waals surface area contributed by atoms with E-state index in [1.807, 2.05) is 44.2 Å². The molecule has 0 bridgehead atoms. The van der Waals surface area contributed by atoms with E-state index in [2.05, 4.69) is 6.58 Å². The van der Waals surface area contributed by atoms with E-state index in [9.17, 15) is 4.79 Å². The minimum atomic E-state index is -0.507. The molecule has 0 fully saturated rings. The smallest absolute Gasteiger partial charge is 0.434 e. The predicted molar refractivity (Wildman–Crippen MR) is 69.8 cm³/mol. The zero-order valence-electron chi connectivity index (χ0n) is 10.8. The molecular formula is C14H19NO3. The molecule has 0 atom stereocenters. The van der Waals surface area contributed by atoms with Crippen LogP contribution in [0, 0.1) is 0 Å². The van der Waals surface area contributed by atoms with Crippen LogP contribution in [0.2, 0.25) is 0 Å². The van der Waals surface area contributed by atoms with E-state index >= 15 is 0 Å². The topological polar surface area (TPSA) is 38.8 Å². The molecule has 4 heteroatoms. The summed E-state index contributed by atoms with van der Waals surface area (Å²) in [7, 11) is 0. The van der Waals surface area contributed by atoms with Gasteiger partial charge >= 0.3 is 6.09 Å². The zero-order chi connectivity index (χ0) is 13.4. The molecule has 0 aliphatic rings. The molecule has 0 spiro atoms. The SMILES string of the molecule is C=CCN(OC(C)C)C(=O)OCc1ccccc1. The predicted octanol–water partition coefficient (Wildman–Crippen LogP) is 3.15. The maximum absolute atomic E-state index is 11.8. The lowest BCUT2D eigenvalue weighted by Gasteiger charge is -2.21. The van der Waals surface area contributed by atoms with Crippen LogP contribution in [0.15, 0.2) is 43.0 Å². The van der Waals surface area contributed by atoms with Crippen molar-refractivity contribution in [2.24, 2.45) is 0 Å². The Morgan fingerprint density at radius 1 is 1.39 bits per heavy atom. The van der Waals surface area contributed by atoms with Crippen molar-refractivity contribution in [2.45, 2.75) is 26.6 Å². The Morgan fingerprint density at radius 3 is 2.61 bits per heavy atom. The van der Waals surface area contributed by atoms with E-state index in [-0.39, 0.29) is 12.7 Å². The zero-order valence-corrected chi connectivity index (χ0v) is 10.8. The number of hydroxylamine groups is 2. The summed E-state index contributed by atoms with van der Waals surface area (Å²) in [6.07, 6.45) is 0.994. The van der Waals surface area contributed by atoms with Gasteiger partial charge in [0.25, 0.3) is 0 Å². The molecule has 0 aromatic heterocycles. The van der Waals surface area contributed by atoms with Crippen LogP contribution >= 0.6 is 0 Å². The highest BCUT2D eigenvalue weighted by molar-refractivity contribution is 5.66. The summed E-state index contributed by atoms with van der Waals surface area (Å²) < 4.78 is 5.16. The first-order valence-corrected chi connectivity index (χ1v) is 5.89. The van der Waals surface area contributed by atoms with Crippen LogP contribution in [0.4, 0.5) is 4.79 Å². The molecule has 0 aliphatic carbocycles. The second kappa shape index (κ2) is 7.50. The molecule has 1 rings (SSSR count). The number of hydrogen-bond acceptors (Lipinski definition) is 3. The molecule has 0 radical (unpaired) electrons. The lowest BCUT2D eigenvalue weighted by Crippen LogP contribution is -2.34. The van der Waals surface area contributed by atoms with E-state index in [1.54, 1.807) is 6.08 Å². The van der Waals surface area contributed by atoms with Crippen LogP contribution in [0.3, 0.4) is 0 Å². The van der Waals surface area contributed by atoms with Gasteiger partial charge in [-0.1, -0.05) is 36.4 Å². The Bertz CT molecular complexity index is 376. The quantitative estimate of drug-likeness (QED) is 0.574. The number of benzene rings is 1. The van der Waals surface area contributed by atoms with Crippen LogP contribution in [0.1, 0.15) is 19.4 Å². The lowest BCUT2D eigenvalue weighted by atomic mass is 10.2. The van der Waals surface area contributed by atoms with Crippen molar-refractivity contribution in [3.05, 3.63) is 48.6 Å². The minimum Gasteiger partial charge on any atom is -0.443 e. The molecule has 98 valence electrons. The number of rotatable bonds is 6. The first-order chi connectivity index (χ1) is 8.63. The first kappa shape index (κ1) is 14.3. The maximum atomic E-state index is 11.8. The van der Waals surface area contributed by atoms with Gasteiger partial charge in [-0.2, -0.15) is 5.06 Å². The molecule has 0 aliphatic heterocycles. The van der Waals surface area contributed by atoms with Crippen LogP contribution in [0.25, 0.3) is 0 Å². The Kier molecular flexibility index (Phi) is 5.94. The summed E-state index contributed by atoms with van der Waals surface area (Å²) >= 11 is 0. The average Bonchev–Trinajstić information content (AvgIpc) is 2.36. The van der Waals surface area contributed by atoms with E-state index in [0.717, 1.165) is 5.56 Å². The highest BCUT2D eigenvalue weighted by Crippen LogP contribution is 2.05. The van der Waals surface area contributed by atoms with Gasteiger partial charge in [0.05, 0.1) is 12.6 Å². The molecule has 1 aromatic rings. The fourth-order valence-corrected chi connectivity index (χ4v) is 1.32. The molecule has 0 unspecified atom stereocenters. The highest BCUT2D eigenvalue weighted by atomic mass is 16.7. The number of hydrogen-bond donors (Lipinski definition) is 0. The number of carbonyl (C=O) groups is 1. The number of ether oxygens (including phenoxy) is 1. The largest absolute Gasteiger partial charge is 0.443 e. The third-order valence-corrected chi connectivity index (χ3v) is 2.04. The van der Waals surface area contributed by atoms with Gasteiger partial charge in [0.1, 0.15) is 6.61 Å². The van der Waals surface area contributed by atoms with Gasteiger partial charge in [-0.3, -0.25) is 4.84 Å². The molecular weight excluding hydrogens is 230 g/mol. The Balaban J connectivity index is 2.48. The number of nitrogens with zero attached hydrogens (tertiary/aromatic N) is 1. The minimum absolute atomic E-state index is 0.0887. The fourth-order valence-electron chi connectivity index (χ4n) is 1.32. The summed E-state index contributed by atoms with van der Waals surface area (Å²) in [5, 5.41) is 1.17. The summed E-state index contributed by atoms with van der Waals surface area (Å²) in [5.74, 6) is 0. The average molecular weight is 249 g/mol. The van der Waals surface area contributed by atoms with Gasteiger partial charge < -0.3 is 4.74 Å². The molecule has 1 amide bonds. The van der Waals surface area contributed by atoms with Gasteiger partial charge in [0, 0.05) is 0 Å². The number of amides is 1. The number of carbonyl (C=O) groups excluding carboxylic acids is 1. The van der Waals surface area contributed by atoms with Crippen molar-refractivity contribution in [3.8, 4) is 0 Å². The second-order valence-corrected chi connectivity index (χ2v) is 4.04. The molecule has 4 nitrogen and oxygen atoms in total. The van der Waals surface area contributed by atoms with Crippen molar-refractivity contribution in [2.75, 3.05) is 6.54 Å². The normalized spacial score (nSPS) is 10.2. The Morgan fingerprint density at radius 2 is 2.06 bits per heavy atom. The van der Waals surface area contributed by atoms with Crippen LogP contribution in [-0.4, -0.2) is 23.8 Å². The molecule has 0 heterocycles. The van der Waals surface area contributed by atoms with Crippen molar-refractivity contribution in [3.63, 3.8) is 0 Å². The maximum Gasteiger partial charge on any atom is 0.434 e. The monoisotopic (exact) mass is 249 g/mol. The summed E-state index contributed by atoms with van der Waals surface area (Å²) in [4.78, 5) is 17.1. The van der Waals surface area contributed by atoms with Crippen LogP contribution < -0.4 is 0 Å². The first-order valence-electron chi connectivity index (χ1n) is 5.89. The Hall–Kier alpha value is -1.81. The molecule has 0 saturated carbocycles. The van der Waals surface area contributed by atoms with Gasteiger partial charge in [-0.25, -0.2) is 4.79 Å². The molecule has 18 heavy (non-hydrogen) atoms. The van der Waals surface area contributed by atoms with Crippen molar-refractivity contribution in [1.29, 1.82) is 0 Å². The van der Waals surface area contributed by atoms with Crippen molar-refractivity contribution >= 4 is 6.09 Å². The van der Waals surface area contributed by atoms with Crippen molar-refractivity contribution < 1.29 is 14.4 Å². The van der Waals surface area contributed by atoms with E-state index in [1.165, 1.54) is 5.06 Å². The van der Waals surface area contributed by atoms with E-state index < -0.39 is 6.09 Å². The van der Waals surface area contributed by atoms with Gasteiger partial charge in [-0.15, -0.1) is 6.58 Å². The van der Waals surface area contributed by atoms with Crippen molar-refractivity contribution in [1.82, 2.24) is 5.06 Å². The summed E-state index contributed by atoms with van der Waals surface area (Å²) in [6, 6.07) is 9.50. The fraction of sp³-hybridized carbons (Fsp3) is 0.357. The molecule has 0 saturated heterocycles. The second-order valence-electron chi connectivity index (χ2n) is 4.04. The highest BCUT2D eigenvalue weighted by Gasteiger charge is 2.16. The molecule has 1 aromatic carbocycles. The standard InChI is InChI=1S/C14H19NO3/c1-4-10-15(18-12(2)3)14(16)17-11-13-8-6-5-7-9-13/h4-9,12H,1,10-11H2,2-3H3. The van der Waals surface area contributed by atoms with Gasteiger partial charge in [0.2, 0.25) is 0 Å².